The molecule has 0 aliphatic heterocycles. The lowest BCUT2D eigenvalue weighted by Crippen LogP contribution is -2.15. The van der Waals surface area contributed by atoms with Gasteiger partial charge in [-0.25, -0.2) is 13.8 Å². The second-order valence-electron chi connectivity index (χ2n) is 5.30. The van der Waals surface area contributed by atoms with Crippen LogP contribution in [-0.4, -0.2) is 11.0 Å². The highest BCUT2D eigenvalue weighted by Crippen LogP contribution is 2.31. The summed E-state index contributed by atoms with van der Waals surface area (Å²) in [4.78, 5) is 4.64. The summed E-state index contributed by atoms with van der Waals surface area (Å²) in [7, 11) is 0. The molecule has 0 spiro atoms. The summed E-state index contributed by atoms with van der Waals surface area (Å²) < 4.78 is 26.8. The first kappa shape index (κ1) is 14.5. The predicted molar refractivity (Wildman–Crippen MR) is 79.3 cm³/mol. The minimum absolute atomic E-state index is 0.259. The largest absolute Gasteiger partial charge is 0.310 e. The van der Waals surface area contributed by atoms with Gasteiger partial charge >= 0.3 is 0 Å². The summed E-state index contributed by atoms with van der Waals surface area (Å²) in [6.45, 7) is 2.74. The molecule has 1 aliphatic rings. The van der Waals surface area contributed by atoms with Crippen LogP contribution in [0.4, 0.5) is 8.78 Å². The number of benzene rings is 1. The third-order valence-corrected chi connectivity index (χ3v) is 4.51. The molecule has 2 nitrogen and oxygen atoms in total. The second kappa shape index (κ2) is 6.12. The molecule has 21 heavy (non-hydrogen) atoms. The van der Waals surface area contributed by atoms with Crippen molar-refractivity contribution in [2.75, 3.05) is 0 Å². The molecule has 1 heterocycles. The van der Waals surface area contributed by atoms with Crippen LogP contribution < -0.4 is 5.32 Å². The van der Waals surface area contributed by atoms with Crippen molar-refractivity contribution in [1.82, 2.24) is 10.3 Å². The van der Waals surface area contributed by atoms with Crippen LogP contribution in [0.1, 0.15) is 24.0 Å². The van der Waals surface area contributed by atoms with Crippen LogP contribution in [0.2, 0.25) is 0 Å². The molecule has 0 unspecified atom stereocenters. The monoisotopic (exact) mass is 306 g/mol. The van der Waals surface area contributed by atoms with E-state index in [4.69, 9.17) is 0 Å². The molecule has 0 atom stereocenters. The van der Waals surface area contributed by atoms with Crippen molar-refractivity contribution in [3.05, 3.63) is 53.2 Å². The summed E-state index contributed by atoms with van der Waals surface area (Å²) in [6.07, 6.45) is 4.29. The molecule has 3 rings (SSSR count). The van der Waals surface area contributed by atoms with Gasteiger partial charge in [0.25, 0.3) is 0 Å². The van der Waals surface area contributed by atoms with Crippen LogP contribution in [0.15, 0.2) is 40.4 Å². The summed E-state index contributed by atoms with van der Waals surface area (Å²) in [5, 5.41) is 4.13. The number of aromatic nitrogens is 1. The number of rotatable bonds is 5. The van der Waals surface area contributed by atoms with Crippen molar-refractivity contribution in [1.29, 1.82) is 0 Å². The first-order valence-electron chi connectivity index (χ1n) is 6.93. The standard InChI is InChI=1S/C16H16F2N2S/c1-10-6-11(8-19-13-3-4-13)9-20-16(10)21-15-7-12(17)2-5-14(15)18/h2,5-7,9,13,19H,3-4,8H2,1H3. The summed E-state index contributed by atoms with van der Waals surface area (Å²) >= 11 is 1.15. The van der Waals surface area contributed by atoms with E-state index in [2.05, 4.69) is 10.3 Å². The van der Waals surface area contributed by atoms with Gasteiger partial charge in [-0.05, 0) is 49.1 Å². The lowest BCUT2D eigenvalue weighted by atomic mass is 10.2. The van der Waals surface area contributed by atoms with E-state index in [1.54, 1.807) is 6.20 Å². The maximum absolute atomic E-state index is 13.7. The van der Waals surface area contributed by atoms with Crippen LogP contribution in [-0.2, 0) is 6.54 Å². The Morgan fingerprint density at radius 3 is 2.81 bits per heavy atom. The Labute approximate surface area is 127 Å². The Bertz CT molecular complexity index is 657. The zero-order valence-electron chi connectivity index (χ0n) is 11.7. The van der Waals surface area contributed by atoms with Gasteiger partial charge in [-0.15, -0.1) is 0 Å². The van der Waals surface area contributed by atoms with E-state index in [0.29, 0.717) is 11.1 Å². The quantitative estimate of drug-likeness (QED) is 0.901. The van der Waals surface area contributed by atoms with Crippen molar-refractivity contribution < 1.29 is 8.78 Å². The highest BCUT2D eigenvalue weighted by molar-refractivity contribution is 7.99. The molecule has 1 fully saturated rings. The molecule has 5 heteroatoms. The Morgan fingerprint density at radius 1 is 1.29 bits per heavy atom. The van der Waals surface area contributed by atoms with Gasteiger partial charge in [0, 0.05) is 18.8 Å². The lowest BCUT2D eigenvalue weighted by Gasteiger charge is -2.08. The Balaban J connectivity index is 1.74. The highest BCUT2D eigenvalue weighted by atomic mass is 32.2. The molecule has 1 aromatic carbocycles. The number of aryl methyl sites for hydroxylation is 1. The maximum atomic E-state index is 13.7. The fraction of sp³-hybridized carbons (Fsp3) is 0.312. The zero-order chi connectivity index (χ0) is 14.8. The van der Waals surface area contributed by atoms with Gasteiger partial charge in [0.05, 0.1) is 4.90 Å². The Kier molecular flexibility index (Phi) is 4.22. The normalized spacial score (nSPS) is 14.4. The summed E-state index contributed by atoms with van der Waals surface area (Å²) in [5.41, 5.74) is 2.09. The van der Waals surface area contributed by atoms with E-state index >= 15 is 0 Å². The van der Waals surface area contributed by atoms with Crippen molar-refractivity contribution in [2.24, 2.45) is 0 Å². The van der Waals surface area contributed by atoms with E-state index in [1.165, 1.54) is 18.9 Å². The van der Waals surface area contributed by atoms with E-state index in [1.807, 2.05) is 13.0 Å². The number of nitrogens with one attached hydrogen (secondary N) is 1. The Morgan fingerprint density at radius 2 is 2.10 bits per heavy atom. The smallest absolute Gasteiger partial charge is 0.137 e. The van der Waals surface area contributed by atoms with Crippen LogP contribution in [0.25, 0.3) is 0 Å². The Hall–Kier alpha value is -1.46. The van der Waals surface area contributed by atoms with E-state index in [-0.39, 0.29) is 4.90 Å². The number of halogens is 2. The predicted octanol–water partition coefficient (Wildman–Crippen LogP) is 4.07. The minimum Gasteiger partial charge on any atom is -0.310 e. The number of nitrogens with zero attached hydrogens (tertiary/aromatic N) is 1. The van der Waals surface area contributed by atoms with Gasteiger partial charge in [-0.2, -0.15) is 0 Å². The number of hydrogen-bond donors (Lipinski definition) is 1. The second-order valence-corrected chi connectivity index (χ2v) is 6.33. The third-order valence-electron chi connectivity index (χ3n) is 3.36. The first-order chi connectivity index (χ1) is 10.1. The fourth-order valence-electron chi connectivity index (χ4n) is 2.03. The minimum atomic E-state index is -0.443. The number of pyridine rings is 1. The molecule has 1 aromatic heterocycles. The van der Waals surface area contributed by atoms with Crippen molar-refractivity contribution in [3.63, 3.8) is 0 Å². The van der Waals surface area contributed by atoms with Gasteiger partial charge in [0.15, 0.2) is 0 Å². The first-order valence-corrected chi connectivity index (χ1v) is 7.75. The molecule has 0 radical (unpaired) electrons. The average molecular weight is 306 g/mol. The molecule has 2 aromatic rings. The SMILES string of the molecule is Cc1cc(CNC2CC2)cnc1Sc1cc(F)ccc1F. The summed E-state index contributed by atoms with van der Waals surface area (Å²) in [5.74, 6) is -0.871. The van der Waals surface area contributed by atoms with Crippen molar-refractivity contribution in [2.45, 2.75) is 42.3 Å². The van der Waals surface area contributed by atoms with E-state index < -0.39 is 11.6 Å². The molecule has 110 valence electrons. The fourth-order valence-corrected chi connectivity index (χ4v) is 2.90. The topological polar surface area (TPSA) is 24.9 Å². The zero-order valence-corrected chi connectivity index (χ0v) is 12.5. The van der Waals surface area contributed by atoms with Crippen molar-refractivity contribution >= 4 is 11.8 Å². The van der Waals surface area contributed by atoms with Crippen LogP contribution in [0.3, 0.4) is 0 Å². The molecule has 1 saturated carbocycles. The molecule has 1 N–H and O–H groups in total. The van der Waals surface area contributed by atoms with Gasteiger partial charge < -0.3 is 5.32 Å². The molecular formula is C16H16F2N2S. The number of hydrogen-bond acceptors (Lipinski definition) is 3. The third kappa shape index (κ3) is 3.80. The molecule has 0 bridgehead atoms. The molecular weight excluding hydrogens is 290 g/mol. The van der Waals surface area contributed by atoms with Gasteiger partial charge in [-0.1, -0.05) is 17.8 Å². The molecule has 1 aliphatic carbocycles. The average Bonchev–Trinajstić information content (AvgIpc) is 3.27. The van der Waals surface area contributed by atoms with Crippen molar-refractivity contribution in [3.8, 4) is 0 Å². The van der Waals surface area contributed by atoms with E-state index in [0.717, 1.165) is 41.6 Å². The molecule has 0 amide bonds. The van der Waals surface area contributed by atoms with Gasteiger partial charge in [0.1, 0.15) is 16.7 Å². The van der Waals surface area contributed by atoms with Crippen LogP contribution >= 0.6 is 11.8 Å². The van der Waals surface area contributed by atoms with Crippen LogP contribution in [0, 0.1) is 18.6 Å². The van der Waals surface area contributed by atoms with Gasteiger partial charge in [0.2, 0.25) is 0 Å². The van der Waals surface area contributed by atoms with Gasteiger partial charge in [-0.3, -0.25) is 0 Å². The maximum Gasteiger partial charge on any atom is 0.137 e. The van der Waals surface area contributed by atoms with E-state index in [9.17, 15) is 8.78 Å². The summed E-state index contributed by atoms with van der Waals surface area (Å²) in [6, 6.07) is 6.15. The van der Waals surface area contributed by atoms with Crippen LogP contribution in [0.5, 0.6) is 0 Å². The lowest BCUT2D eigenvalue weighted by molar-refractivity contribution is 0.577. The molecule has 0 saturated heterocycles. The highest BCUT2D eigenvalue weighted by Gasteiger charge is 2.20.